The molecule has 108 valence electrons. The lowest BCUT2D eigenvalue weighted by Gasteiger charge is -2.08. The van der Waals surface area contributed by atoms with Gasteiger partial charge in [-0.05, 0) is 12.1 Å². The van der Waals surface area contributed by atoms with E-state index in [1.165, 1.54) is 12.3 Å². The van der Waals surface area contributed by atoms with Gasteiger partial charge in [0.2, 0.25) is 0 Å². The molecule has 0 saturated carbocycles. The van der Waals surface area contributed by atoms with Crippen LogP contribution in [0, 0.1) is 17.5 Å². The molecule has 0 aliphatic rings. The molecular formula is C13H7F3N2O3. The van der Waals surface area contributed by atoms with Gasteiger partial charge in [-0.2, -0.15) is 0 Å². The Kier molecular flexibility index (Phi) is 3.88. The second-order valence-electron chi connectivity index (χ2n) is 3.90. The number of benzene rings is 1. The fourth-order valence-electron chi connectivity index (χ4n) is 1.61. The van der Waals surface area contributed by atoms with Crippen molar-refractivity contribution in [1.29, 1.82) is 0 Å². The monoisotopic (exact) mass is 296 g/mol. The van der Waals surface area contributed by atoms with Crippen LogP contribution in [0.15, 0.2) is 30.5 Å². The van der Waals surface area contributed by atoms with Crippen molar-refractivity contribution in [3.63, 3.8) is 0 Å². The molecule has 1 heterocycles. The summed E-state index contributed by atoms with van der Waals surface area (Å²) in [5.74, 6) is -7.01. The van der Waals surface area contributed by atoms with Crippen molar-refractivity contribution in [2.75, 3.05) is 5.32 Å². The van der Waals surface area contributed by atoms with E-state index in [2.05, 4.69) is 4.98 Å². The zero-order valence-corrected chi connectivity index (χ0v) is 10.2. The van der Waals surface area contributed by atoms with Crippen molar-refractivity contribution in [3.8, 4) is 0 Å². The molecule has 0 bridgehead atoms. The number of aromatic carboxylic acids is 1. The van der Waals surface area contributed by atoms with Gasteiger partial charge in [-0.3, -0.25) is 4.79 Å². The van der Waals surface area contributed by atoms with Gasteiger partial charge < -0.3 is 10.4 Å². The van der Waals surface area contributed by atoms with Gasteiger partial charge in [0, 0.05) is 18.3 Å². The van der Waals surface area contributed by atoms with Gasteiger partial charge >= 0.3 is 5.97 Å². The lowest BCUT2D eigenvalue weighted by atomic mass is 10.1. The number of hydrogen-bond donors (Lipinski definition) is 2. The number of halogens is 3. The maximum atomic E-state index is 13.4. The molecule has 2 aromatic rings. The Morgan fingerprint density at radius 3 is 2.33 bits per heavy atom. The summed E-state index contributed by atoms with van der Waals surface area (Å²) >= 11 is 0. The lowest BCUT2D eigenvalue weighted by Crippen LogP contribution is -2.19. The standard InChI is InChI=1S/C13H7F3N2O3/c14-6-4-8(15)10(9(16)5-6)12(19)18-11-7(13(20)21)2-1-3-17-11/h1-5H,(H,20,21)(H,17,18,19). The third-order valence-corrected chi connectivity index (χ3v) is 2.50. The predicted molar refractivity (Wildman–Crippen MR) is 65.5 cm³/mol. The number of pyridine rings is 1. The quantitative estimate of drug-likeness (QED) is 0.911. The molecular weight excluding hydrogens is 289 g/mol. The summed E-state index contributed by atoms with van der Waals surface area (Å²) in [6.07, 6.45) is 1.19. The number of carboxylic acids is 1. The van der Waals surface area contributed by atoms with Crippen molar-refractivity contribution in [3.05, 3.63) is 59.0 Å². The molecule has 0 unspecified atom stereocenters. The van der Waals surface area contributed by atoms with Gasteiger partial charge in [0.1, 0.15) is 34.4 Å². The predicted octanol–water partition coefficient (Wildman–Crippen LogP) is 2.45. The van der Waals surface area contributed by atoms with Crippen molar-refractivity contribution < 1.29 is 27.9 Å². The van der Waals surface area contributed by atoms with Gasteiger partial charge in [0.05, 0.1) is 0 Å². The number of aromatic nitrogens is 1. The minimum atomic E-state index is -1.40. The molecule has 8 heteroatoms. The Bertz CT molecular complexity index is 711. The van der Waals surface area contributed by atoms with Crippen LogP contribution in [-0.2, 0) is 0 Å². The van der Waals surface area contributed by atoms with Crippen molar-refractivity contribution in [2.24, 2.45) is 0 Å². The van der Waals surface area contributed by atoms with Gasteiger partial charge in [-0.25, -0.2) is 22.9 Å². The summed E-state index contributed by atoms with van der Waals surface area (Å²) < 4.78 is 39.7. The highest BCUT2D eigenvalue weighted by Crippen LogP contribution is 2.18. The smallest absolute Gasteiger partial charge is 0.339 e. The molecule has 0 spiro atoms. The summed E-state index contributed by atoms with van der Waals surface area (Å²) in [5, 5.41) is 10.9. The highest BCUT2D eigenvalue weighted by molar-refractivity contribution is 6.07. The molecule has 0 radical (unpaired) electrons. The molecule has 0 fully saturated rings. The molecule has 0 atom stereocenters. The Morgan fingerprint density at radius 2 is 1.76 bits per heavy atom. The number of carbonyl (C=O) groups excluding carboxylic acids is 1. The molecule has 2 rings (SSSR count). The van der Waals surface area contributed by atoms with E-state index in [-0.39, 0.29) is 11.4 Å². The van der Waals surface area contributed by atoms with E-state index in [0.717, 1.165) is 6.07 Å². The number of amides is 1. The van der Waals surface area contributed by atoms with Crippen LogP contribution in [0.3, 0.4) is 0 Å². The number of nitrogens with one attached hydrogen (secondary N) is 1. The Hall–Kier alpha value is -2.90. The SMILES string of the molecule is O=C(O)c1cccnc1NC(=O)c1c(F)cc(F)cc1F. The first kappa shape index (κ1) is 14.5. The van der Waals surface area contributed by atoms with E-state index in [1.807, 2.05) is 5.32 Å². The molecule has 1 aromatic heterocycles. The number of hydrogen-bond acceptors (Lipinski definition) is 3. The highest BCUT2D eigenvalue weighted by Gasteiger charge is 2.21. The first-order valence-electron chi connectivity index (χ1n) is 5.54. The molecule has 5 nitrogen and oxygen atoms in total. The Morgan fingerprint density at radius 1 is 1.14 bits per heavy atom. The minimum Gasteiger partial charge on any atom is -0.478 e. The normalized spacial score (nSPS) is 10.2. The van der Waals surface area contributed by atoms with E-state index in [0.29, 0.717) is 12.1 Å². The topological polar surface area (TPSA) is 79.3 Å². The van der Waals surface area contributed by atoms with Crippen LogP contribution in [0.25, 0.3) is 0 Å². The fourth-order valence-corrected chi connectivity index (χ4v) is 1.61. The van der Waals surface area contributed by atoms with E-state index in [9.17, 15) is 22.8 Å². The second-order valence-corrected chi connectivity index (χ2v) is 3.90. The second kappa shape index (κ2) is 5.61. The third kappa shape index (κ3) is 2.99. The minimum absolute atomic E-state index is 0.342. The number of rotatable bonds is 3. The first-order chi connectivity index (χ1) is 9.90. The highest BCUT2D eigenvalue weighted by atomic mass is 19.1. The Balaban J connectivity index is 2.38. The molecule has 21 heavy (non-hydrogen) atoms. The van der Waals surface area contributed by atoms with Gasteiger partial charge in [-0.1, -0.05) is 0 Å². The lowest BCUT2D eigenvalue weighted by molar-refractivity contribution is 0.0697. The number of carboxylic acid groups (broad SMARTS) is 1. The summed E-state index contributed by atoms with van der Waals surface area (Å²) in [4.78, 5) is 26.3. The number of anilines is 1. The third-order valence-electron chi connectivity index (χ3n) is 2.50. The molecule has 1 aromatic carbocycles. The first-order valence-corrected chi connectivity index (χ1v) is 5.54. The largest absolute Gasteiger partial charge is 0.478 e. The van der Waals surface area contributed by atoms with E-state index in [1.54, 1.807) is 0 Å². The van der Waals surface area contributed by atoms with Gasteiger partial charge in [-0.15, -0.1) is 0 Å². The van der Waals surface area contributed by atoms with Gasteiger partial charge in [0.15, 0.2) is 0 Å². The summed E-state index contributed by atoms with van der Waals surface area (Å²) in [6, 6.07) is 3.16. The van der Waals surface area contributed by atoms with E-state index >= 15 is 0 Å². The average Bonchev–Trinajstić information content (AvgIpc) is 2.37. The van der Waals surface area contributed by atoms with Crippen molar-refractivity contribution in [1.82, 2.24) is 4.98 Å². The van der Waals surface area contributed by atoms with E-state index < -0.39 is 34.9 Å². The molecule has 0 saturated heterocycles. The fraction of sp³-hybridized carbons (Fsp3) is 0. The van der Waals surface area contributed by atoms with Crippen LogP contribution in [-0.4, -0.2) is 22.0 Å². The zero-order valence-electron chi connectivity index (χ0n) is 10.2. The molecule has 2 N–H and O–H groups in total. The van der Waals surface area contributed by atoms with Crippen molar-refractivity contribution in [2.45, 2.75) is 0 Å². The van der Waals surface area contributed by atoms with Crippen LogP contribution < -0.4 is 5.32 Å². The maximum absolute atomic E-state index is 13.4. The van der Waals surface area contributed by atoms with Crippen LogP contribution in [0.5, 0.6) is 0 Å². The van der Waals surface area contributed by atoms with Crippen molar-refractivity contribution >= 4 is 17.7 Å². The summed E-state index contributed by atoms with van der Waals surface area (Å²) in [5.41, 5.74) is -1.38. The van der Waals surface area contributed by atoms with Crippen LogP contribution in [0.4, 0.5) is 19.0 Å². The molecule has 0 aliphatic carbocycles. The number of nitrogens with zero attached hydrogens (tertiary/aromatic N) is 1. The van der Waals surface area contributed by atoms with Crippen LogP contribution >= 0.6 is 0 Å². The van der Waals surface area contributed by atoms with Crippen LogP contribution in [0.1, 0.15) is 20.7 Å². The Labute approximate surface area is 116 Å². The molecule has 0 aliphatic heterocycles. The molecule has 1 amide bonds. The summed E-state index contributed by atoms with van der Waals surface area (Å²) in [6.45, 7) is 0. The summed E-state index contributed by atoms with van der Waals surface area (Å²) in [7, 11) is 0. The number of carbonyl (C=O) groups is 2. The zero-order chi connectivity index (χ0) is 15.6. The average molecular weight is 296 g/mol. The van der Waals surface area contributed by atoms with Crippen LogP contribution in [0.2, 0.25) is 0 Å². The van der Waals surface area contributed by atoms with Gasteiger partial charge in [0.25, 0.3) is 5.91 Å². The maximum Gasteiger partial charge on any atom is 0.339 e. The van der Waals surface area contributed by atoms with E-state index in [4.69, 9.17) is 5.11 Å².